The second-order valence-corrected chi connectivity index (χ2v) is 20.7. The summed E-state index contributed by atoms with van der Waals surface area (Å²) in [5.41, 5.74) is 9.62. The van der Waals surface area contributed by atoms with E-state index >= 15 is 0 Å². The van der Waals surface area contributed by atoms with Gasteiger partial charge in [0.2, 0.25) is 9.84 Å². The summed E-state index contributed by atoms with van der Waals surface area (Å²) >= 11 is 9.38. The largest absolute Gasteiger partial charge is 0.218 e. The van der Waals surface area contributed by atoms with Gasteiger partial charge in [-0.1, -0.05) is 163 Å². The maximum absolute atomic E-state index is 14.8. The van der Waals surface area contributed by atoms with Gasteiger partial charge in [-0.2, -0.15) is 0 Å². The standard InChI is InChI=1S/C30H26I4O2S/c1-17-9-5-7-11-21(17)23-15-13-19(3)27(25(23)29(31)32)37(35,36)28-20(4)14-16-24(26(28)30(33)34)22-12-8-6-10-18(22)2/h5-16,29-30H,1-4H3. The van der Waals surface area contributed by atoms with Crippen molar-refractivity contribution in [2.45, 2.75) is 41.3 Å². The van der Waals surface area contributed by atoms with Gasteiger partial charge < -0.3 is 0 Å². The first-order valence-electron chi connectivity index (χ1n) is 11.7. The average Bonchev–Trinajstić information content (AvgIpc) is 2.84. The number of aryl methyl sites for hydroxylation is 4. The Balaban J connectivity index is 2.11. The summed E-state index contributed by atoms with van der Waals surface area (Å²) in [5, 5.41) is 0. The molecule has 0 aliphatic heterocycles. The number of benzene rings is 4. The van der Waals surface area contributed by atoms with Gasteiger partial charge in [-0.25, -0.2) is 8.42 Å². The van der Waals surface area contributed by atoms with Crippen molar-refractivity contribution >= 4 is 100 Å². The van der Waals surface area contributed by atoms with E-state index in [1.807, 2.05) is 50.2 Å². The lowest BCUT2D eigenvalue weighted by Gasteiger charge is -2.24. The molecular weight excluding hydrogens is 932 g/mol. The summed E-state index contributed by atoms with van der Waals surface area (Å²) in [6.07, 6.45) is 0. The monoisotopic (exact) mass is 958 g/mol. The van der Waals surface area contributed by atoms with Crippen LogP contribution in [0.25, 0.3) is 22.3 Å². The normalized spacial score (nSPS) is 11.9. The third-order valence-corrected chi connectivity index (χ3v) is 11.3. The van der Waals surface area contributed by atoms with Crippen LogP contribution in [0.1, 0.15) is 37.2 Å². The van der Waals surface area contributed by atoms with Gasteiger partial charge in [-0.15, -0.1) is 0 Å². The number of hydrogen-bond acceptors (Lipinski definition) is 2. The number of alkyl halides is 4. The van der Waals surface area contributed by atoms with E-state index in [9.17, 15) is 8.42 Å². The quantitative estimate of drug-likeness (QED) is 0.143. The molecule has 4 rings (SSSR count). The summed E-state index contributed by atoms with van der Waals surface area (Å²) in [7, 11) is -3.86. The Morgan fingerprint density at radius 1 is 0.486 bits per heavy atom. The van der Waals surface area contributed by atoms with Crippen LogP contribution in [0, 0.1) is 27.7 Å². The zero-order chi connectivity index (χ0) is 27.1. The molecule has 37 heavy (non-hydrogen) atoms. The van der Waals surface area contributed by atoms with Crippen LogP contribution in [0.5, 0.6) is 0 Å². The number of rotatable bonds is 6. The van der Waals surface area contributed by atoms with Gasteiger partial charge in [0, 0.05) is 11.1 Å². The van der Waals surface area contributed by atoms with E-state index in [-0.39, 0.29) is 3.86 Å². The fraction of sp³-hybridized carbons (Fsp3) is 0.200. The third-order valence-electron chi connectivity index (χ3n) is 6.63. The minimum atomic E-state index is -3.86. The zero-order valence-corrected chi connectivity index (χ0v) is 30.3. The molecule has 0 radical (unpaired) electrons. The van der Waals surface area contributed by atoms with E-state index in [4.69, 9.17) is 0 Å². The zero-order valence-electron chi connectivity index (χ0n) is 20.8. The molecule has 4 aromatic carbocycles. The van der Waals surface area contributed by atoms with Crippen LogP contribution in [0.3, 0.4) is 0 Å². The van der Waals surface area contributed by atoms with Crippen LogP contribution in [0.2, 0.25) is 0 Å². The minimum absolute atomic E-state index is 0.0345. The predicted octanol–water partition coefficient (Wildman–Crippen LogP) is 10.8. The van der Waals surface area contributed by atoms with Crippen molar-refractivity contribution in [3.05, 3.63) is 106 Å². The molecule has 4 aromatic rings. The van der Waals surface area contributed by atoms with Crippen LogP contribution in [0.4, 0.5) is 0 Å². The summed E-state index contributed by atoms with van der Waals surface area (Å²) in [6.45, 7) is 7.99. The molecule has 2 nitrogen and oxygen atoms in total. The fourth-order valence-corrected chi connectivity index (χ4v) is 10.5. The lowest BCUT2D eigenvalue weighted by Crippen LogP contribution is -2.14. The fourth-order valence-electron chi connectivity index (χ4n) is 4.89. The Hall–Kier alpha value is -0.250. The summed E-state index contributed by atoms with van der Waals surface area (Å²) < 4.78 is 29.6. The molecular formula is C30H26I4O2S. The lowest BCUT2D eigenvalue weighted by atomic mass is 9.95. The molecule has 0 spiro atoms. The van der Waals surface area contributed by atoms with Crippen molar-refractivity contribution in [3.8, 4) is 22.3 Å². The van der Waals surface area contributed by atoms with E-state index in [0.29, 0.717) is 9.79 Å². The highest BCUT2D eigenvalue weighted by atomic mass is 127. The highest BCUT2D eigenvalue weighted by Gasteiger charge is 2.34. The molecule has 0 atom stereocenters. The van der Waals surface area contributed by atoms with Crippen LogP contribution >= 0.6 is 90.4 Å². The van der Waals surface area contributed by atoms with Crippen molar-refractivity contribution in [2.75, 3.05) is 0 Å². The maximum atomic E-state index is 14.8. The Kier molecular flexibility index (Phi) is 9.72. The van der Waals surface area contributed by atoms with E-state index < -0.39 is 9.84 Å². The summed E-state index contributed by atoms with van der Waals surface area (Å²) in [6, 6.07) is 24.4. The average molecular weight is 958 g/mol. The molecule has 0 aliphatic carbocycles. The summed E-state index contributed by atoms with van der Waals surface area (Å²) in [5.74, 6) is 0. The summed E-state index contributed by atoms with van der Waals surface area (Å²) in [4.78, 5) is 0.864. The van der Waals surface area contributed by atoms with Gasteiger partial charge >= 0.3 is 0 Å². The number of halogens is 4. The van der Waals surface area contributed by atoms with Gasteiger partial charge in [0.25, 0.3) is 0 Å². The first kappa shape index (κ1) is 29.7. The van der Waals surface area contributed by atoms with E-state index in [1.54, 1.807) is 0 Å². The molecule has 0 aromatic heterocycles. The predicted molar refractivity (Wildman–Crippen MR) is 190 cm³/mol. The molecule has 7 heteroatoms. The number of hydrogen-bond donors (Lipinski definition) is 0. The molecule has 0 aliphatic rings. The van der Waals surface area contributed by atoms with E-state index in [2.05, 4.69) is 141 Å². The number of sulfone groups is 1. The molecule has 0 amide bonds. The van der Waals surface area contributed by atoms with Gasteiger partial charge in [-0.05, 0) is 72.2 Å². The Labute approximate surface area is 274 Å². The van der Waals surface area contributed by atoms with Gasteiger partial charge in [0.15, 0.2) is 0 Å². The van der Waals surface area contributed by atoms with Crippen molar-refractivity contribution in [1.29, 1.82) is 0 Å². The third kappa shape index (κ3) is 5.81. The minimum Gasteiger partial charge on any atom is -0.218 e. The van der Waals surface area contributed by atoms with Crippen LogP contribution in [-0.2, 0) is 9.84 Å². The molecule has 192 valence electrons. The molecule has 0 N–H and O–H groups in total. The first-order chi connectivity index (χ1) is 17.5. The Morgan fingerprint density at radius 2 is 0.838 bits per heavy atom. The molecule has 0 heterocycles. The van der Waals surface area contributed by atoms with E-state index in [1.165, 1.54) is 0 Å². The Bertz CT molecular complexity index is 1480. The maximum Gasteiger partial charge on any atom is 0.207 e. The van der Waals surface area contributed by atoms with Crippen LogP contribution in [-0.4, -0.2) is 8.42 Å². The van der Waals surface area contributed by atoms with Gasteiger partial charge in [0.1, 0.15) is 0 Å². The molecule has 0 unspecified atom stereocenters. The topological polar surface area (TPSA) is 34.1 Å². The van der Waals surface area contributed by atoms with Crippen molar-refractivity contribution in [3.63, 3.8) is 0 Å². The van der Waals surface area contributed by atoms with Crippen molar-refractivity contribution < 1.29 is 8.42 Å². The molecule has 0 saturated heterocycles. The van der Waals surface area contributed by atoms with Crippen molar-refractivity contribution in [2.24, 2.45) is 0 Å². The highest BCUT2D eigenvalue weighted by Crippen LogP contribution is 2.49. The van der Waals surface area contributed by atoms with Crippen LogP contribution < -0.4 is 0 Å². The van der Waals surface area contributed by atoms with Gasteiger partial charge in [-0.3, -0.25) is 0 Å². The smallest absolute Gasteiger partial charge is 0.207 e. The van der Waals surface area contributed by atoms with E-state index in [0.717, 1.165) is 55.6 Å². The second kappa shape index (κ2) is 12.1. The SMILES string of the molecule is Cc1ccccc1-c1ccc(C)c(S(=O)(=O)c2c(C)ccc(-c3ccccc3C)c2C(I)I)c1C(I)I. The highest BCUT2D eigenvalue weighted by molar-refractivity contribution is 14.2. The molecule has 0 fully saturated rings. The van der Waals surface area contributed by atoms with Crippen molar-refractivity contribution in [1.82, 2.24) is 0 Å². The second-order valence-electron chi connectivity index (χ2n) is 9.08. The molecule has 0 bridgehead atoms. The first-order valence-corrected chi connectivity index (χ1v) is 18.1. The molecule has 0 saturated carbocycles. The van der Waals surface area contributed by atoms with Gasteiger partial charge in [0.05, 0.1) is 13.7 Å². The lowest BCUT2D eigenvalue weighted by molar-refractivity contribution is 0.593. The van der Waals surface area contributed by atoms with Crippen LogP contribution in [0.15, 0.2) is 82.6 Å². The Morgan fingerprint density at radius 3 is 1.16 bits per heavy atom.